The highest BCUT2D eigenvalue weighted by molar-refractivity contribution is 6.34. The molecular weight excluding hydrogens is 344 g/mol. The van der Waals surface area contributed by atoms with Crippen LogP contribution in [-0.4, -0.2) is 42.6 Å². The fraction of sp³-hybridized carbons (Fsp3) is 0.467. The van der Waals surface area contributed by atoms with Gasteiger partial charge in [0.05, 0.1) is 5.39 Å². The van der Waals surface area contributed by atoms with Crippen molar-refractivity contribution in [1.29, 1.82) is 0 Å². The summed E-state index contributed by atoms with van der Waals surface area (Å²) < 4.78 is 33.7. The molecule has 6 nitrogen and oxygen atoms in total. The summed E-state index contributed by atoms with van der Waals surface area (Å²) in [4.78, 5) is 7.73. The zero-order valence-electron chi connectivity index (χ0n) is 12.4. The Kier molecular flexibility index (Phi) is 3.44. The van der Waals surface area contributed by atoms with Crippen LogP contribution in [0.1, 0.15) is 31.1 Å². The molecule has 0 bridgehead atoms. The second kappa shape index (κ2) is 5.19. The first-order valence-corrected chi connectivity index (χ1v) is 7.75. The highest BCUT2D eigenvalue weighted by Gasteiger charge is 2.59. The van der Waals surface area contributed by atoms with E-state index in [9.17, 15) is 19.0 Å². The quantitative estimate of drug-likeness (QED) is 0.637. The molecule has 0 spiro atoms. The standard InChI is InChI=1S/C15H14ClF2N3O3/c1-6-2-3-15(23)9(22)14(24-10(6)15)21-4-7(12(17)18)8-11(16)19-5-20-13(8)21/h4-5,9-10,12,14,22-23H,1-3H2/t9?,10-,14-,15+/m1/s1. The van der Waals surface area contributed by atoms with Gasteiger partial charge in [0.15, 0.2) is 6.23 Å². The first-order valence-electron chi connectivity index (χ1n) is 7.37. The second-order valence-corrected chi connectivity index (χ2v) is 6.51. The van der Waals surface area contributed by atoms with Gasteiger partial charge in [0.2, 0.25) is 0 Å². The van der Waals surface area contributed by atoms with Gasteiger partial charge in [-0.3, -0.25) is 0 Å². The van der Waals surface area contributed by atoms with Gasteiger partial charge in [0.1, 0.15) is 34.9 Å². The zero-order chi connectivity index (χ0) is 17.2. The third-order valence-electron chi connectivity index (χ3n) is 4.83. The van der Waals surface area contributed by atoms with Crippen molar-refractivity contribution in [1.82, 2.24) is 14.5 Å². The topological polar surface area (TPSA) is 80.4 Å². The number of fused-ring (bicyclic) bond motifs is 2. The van der Waals surface area contributed by atoms with Crippen molar-refractivity contribution in [2.45, 2.75) is 43.3 Å². The van der Waals surface area contributed by atoms with Crippen LogP contribution < -0.4 is 0 Å². The molecule has 1 saturated carbocycles. The Bertz CT molecular complexity index is 843. The molecule has 3 heterocycles. The molecule has 4 rings (SSSR count). The lowest BCUT2D eigenvalue weighted by Gasteiger charge is -2.25. The van der Waals surface area contributed by atoms with E-state index in [1.165, 1.54) is 4.57 Å². The molecule has 24 heavy (non-hydrogen) atoms. The first-order chi connectivity index (χ1) is 11.3. The predicted molar refractivity (Wildman–Crippen MR) is 80.7 cm³/mol. The number of aliphatic hydroxyl groups excluding tert-OH is 1. The van der Waals surface area contributed by atoms with Crippen LogP contribution in [-0.2, 0) is 4.74 Å². The molecule has 0 aromatic carbocycles. The molecular formula is C15H14ClF2N3O3. The Hall–Kier alpha value is -1.61. The maximum atomic E-state index is 13.3. The highest BCUT2D eigenvalue weighted by Crippen LogP contribution is 2.49. The van der Waals surface area contributed by atoms with Crippen molar-refractivity contribution in [3.63, 3.8) is 0 Å². The van der Waals surface area contributed by atoms with Crippen LogP contribution >= 0.6 is 11.6 Å². The van der Waals surface area contributed by atoms with Gasteiger partial charge in [-0.1, -0.05) is 18.2 Å². The van der Waals surface area contributed by atoms with Crippen LogP contribution in [0.2, 0.25) is 5.15 Å². The predicted octanol–water partition coefficient (Wildman–Crippen LogP) is 2.36. The van der Waals surface area contributed by atoms with E-state index in [-0.39, 0.29) is 21.7 Å². The Labute approximate surface area is 140 Å². The summed E-state index contributed by atoms with van der Waals surface area (Å²) in [6.45, 7) is 3.84. The summed E-state index contributed by atoms with van der Waals surface area (Å²) >= 11 is 5.94. The van der Waals surface area contributed by atoms with Gasteiger partial charge in [0.25, 0.3) is 6.43 Å². The third-order valence-corrected chi connectivity index (χ3v) is 5.12. The van der Waals surface area contributed by atoms with Crippen molar-refractivity contribution in [2.75, 3.05) is 0 Å². The van der Waals surface area contributed by atoms with E-state index in [0.717, 1.165) is 12.5 Å². The monoisotopic (exact) mass is 357 g/mol. The largest absolute Gasteiger partial charge is 0.385 e. The van der Waals surface area contributed by atoms with E-state index >= 15 is 0 Å². The van der Waals surface area contributed by atoms with E-state index in [1.54, 1.807) is 0 Å². The molecule has 1 unspecified atom stereocenters. The Balaban J connectivity index is 1.86. The average Bonchev–Trinajstić information content (AvgIpc) is 3.13. The molecule has 9 heteroatoms. The van der Waals surface area contributed by atoms with Gasteiger partial charge in [-0.25, -0.2) is 18.7 Å². The normalized spacial score (nSPS) is 32.9. The van der Waals surface area contributed by atoms with Crippen LogP contribution in [0.15, 0.2) is 24.7 Å². The number of aliphatic hydroxyl groups is 2. The lowest BCUT2D eigenvalue weighted by atomic mass is 9.94. The molecule has 2 aromatic rings. The number of alkyl halides is 2. The van der Waals surface area contributed by atoms with Crippen molar-refractivity contribution in [3.05, 3.63) is 35.4 Å². The maximum absolute atomic E-state index is 13.3. The van der Waals surface area contributed by atoms with E-state index in [2.05, 4.69) is 16.5 Å². The SMILES string of the molecule is C=C1CC[C@]2(O)C(O)[C@H](n3cc(C(F)F)c4c(Cl)ncnc43)O[C@H]12. The van der Waals surface area contributed by atoms with Gasteiger partial charge in [-0.2, -0.15) is 0 Å². The van der Waals surface area contributed by atoms with Crippen molar-refractivity contribution >= 4 is 22.6 Å². The smallest absolute Gasteiger partial charge is 0.266 e. The fourth-order valence-electron chi connectivity index (χ4n) is 3.61. The van der Waals surface area contributed by atoms with E-state index in [0.29, 0.717) is 18.4 Å². The van der Waals surface area contributed by atoms with Crippen molar-refractivity contribution in [2.24, 2.45) is 0 Å². The fourth-order valence-corrected chi connectivity index (χ4v) is 3.84. The lowest BCUT2D eigenvalue weighted by molar-refractivity contribution is -0.0628. The molecule has 2 N–H and O–H groups in total. The number of hydrogen-bond donors (Lipinski definition) is 2. The number of halogens is 3. The van der Waals surface area contributed by atoms with Gasteiger partial charge >= 0.3 is 0 Å². The Morgan fingerprint density at radius 3 is 2.88 bits per heavy atom. The third kappa shape index (κ3) is 1.97. The Morgan fingerprint density at radius 1 is 1.46 bits per heavy atom. The van der Waals surface area contributed by atoms with Gasteiger partial charge < -0.3 is 19.5 Å². The highest BCUT2D eigenvalue weighted by atomic mass is 35.5. The number of hydrogen-bond acceptors (Lipinski definition) is 5. The van der Waals surface area contributed by atoms with E-state index < -0.39 is 30.5 Å². The Morgan fingerprint density at radius 2 is 2.21 bits per heavy atom. The molecule has 2 aliphatic rings. The number of nitrogens with zero attached hydrogens (tertiary/aromatic N) is 3. The van der Waals surface area contributed by atoms with Crippen molar-refractivity contribution < 1.29 is 23.7 Å². The molecule has 0 radical (unpaired) electrons. The minimum absolute atomic E-state index is 0.00726. The zero-order valence-corrected chi connectivity index (χ0v) is 13.1. The van der Waals surface area contributed by atoms with Crippen LogP contribution in [0.3, 0.4) is 0 Å². The summed E-state index contributed by atoms with van der Waals surface area (Å²) in [5, 5.41) is 21.2. The van der Waals surface area contributed by atoms with Gasteiger partial charge in [-0.05, 0) is 18.4 Å². The molecule has 4 atom stereocenters. The van der Waals surface area contributed by atoms with Gasteiger partial charge in [-0.15, -0.1) is 0 Å². The molecule has 1 saturated heterocycles. The van der Waals surface area contributed by atoms with E-state index in [4.69, 9.17) is 16.3 Å². The molecule has 2 fully saturated rings. The average molecular weight is 358 g/mol. The lowest BCUT2D eigenvalue weighted by Crippen LogP contribution is -2.44. The van der Waals surface area contributed by atoms with E-state index in [1.807, 2.05) is 0 Å². The molecule has 128 valence electrons. The minimum atomic E-state index is -2.80. The summed E-state index contributed by atoms with van der Waals surface area (Å²) in [6.07, 6.45) is -2.81. The van der Waals surface area contributed by atoms with Crippen molar-refractivity contribution in [3.8, 4) is 0 Å². The minimum Gasteiger partial charge on any atom is -0.385 e. The maximum Gasteiger partial charge on any atom is 0.266 e. The number of aromatic nitrogens is 3. The molecule has 2 aromatic heterocycles. The summed E-state index contributed by atoms with van der Waals surface area (Å²) in [5.41, 5.74) is -1.06. The number of ether oxygens (including phenoxy) is 1. The van der Waals surface area contributed by atoms with Crippen LogP contribution in [0.5, 0.6) is 0 Å². The summed E-state index contributed by atoms with van der Waals surface area (Å²) in [6, 6.07) is 0. The summed E-state index contributed by atoms with van der Waals surface area (Å²) in [5.74, 6) is 0. The van der Waals surface area contributed by atoms with Crippen LogP contribution in [0, 0.1) is 0 Å². The van der Waals surface area contributed by atoms with Gasteiger partial charge in [0, 0.05) is 11.8 Å². The summed E-state index contributed by atoms with van der Waals surface area (Å²) in [7, 11) is 0. The van der Waals surface area contributed by atoms with Crippen LogP contribution in [0.25, 0.3) is 11.0 Å². The van der Waals surface area contributed by atoms with Crippen LogP contribution in [0.4, 0.5) is 8.78 Å². The first kappa shape index (κ1) is 15.9. The number of rotatable bonds is 2. The molecule has 1 aliphatic heterocycles. The molecule has 0 amide bonds. The molecule has 1 aliphatic carbocycles. The second-order valence-electron chi connectivity index (χ2n) is 6.16.